The molecule has 1 aromatic carbocycles. The fourth-order valence-corrected chi connectivity index (χ4v) is 2.06. The van der Waals surface area contributed by atoms with Gasteiger partial charge in [-0.25, -0.2) is 0 Å². The molecule has 1 aliphatic heterocycles. The zero-order valence-corrected chi connectivity index (χ0v) is 8.40. The Balaban J connectivity index is 2.33. The first-order valence-corrected chi connectivity index (χ1v) is 5.16. The third-order valence-electron chi connectivity index (χ3n) is 2.78. The summed E-state index contributed by atoms with van der Waals surface area (Å²) in [5.41, 5.74) is 0.493. The summed E-state index contributed by atoms with van der Waals surface area (Å²) in [5.74, 6) is -0.219. The average molecular weight is 209 g/mol. The summed E-state index contributed by atoms with van der Waals surface area (Å²) >= 11 is 0. The Bertz CT molecular complexity index is 336. The van der Waals surface area contributed by atoms with Crippen LogP contribution in [-0.2, 0) is 0 Å². The van der Waals surface area contributed by atoms with Crippen LogP contribution in [0.2, 0.25) is 0 Å². The van der Waals surface area contributed by atoms with Gasteiger partial charge in [0.15, 0.2) is 0 Å². The van der Waals surface area contributed by atoms with Crippen molar-refractivity contribution >= 4 is 0 Å². The average Bonchev–Trinajstić information content (AvgIpc) is 2.17. The van der Waals surface area contributed by atoms with Crippen molar-refractivity contribution in [2.75, 3.05) is 6.54 Å². The molecule has 0 aliphatic carbocycles. The van der Waals surface area contributed by atoms with E-state index in [0.29, 0.717) is 5.56 Å². The SMILES string of the molecule is Oc1cc(O)c(C2CCCCN2)c(O)c1. The van der Waals surface area contributed by atoms with Gasteiger partial charge in [-0.1, -0.05) is 6.42 Å². The van der Waals surface area contributed by atoms with Crippen LogP contribution >= 0.6 is 0 Å². The summed E-state index contributed by atoms with van der Waals surface area (Å²) in [4.78, 5) is 0. The lowest BCUT2D eigenvalue weighted by Gasteiger charge is -2.25. The van der Waals surface area contributed by atoms with Crippen molar-refractivity contribution in [2.45, 2.75) is 25.3 Å². The standard InChI is InChI=1S/C11H15NO3/c13-7-5-9(14)11(10(15)6-7)8-3-1-2-4-12-8/h5-6,8,12-15H,1-4H2. The molecule has 1 atom stereocenters. The van der Waals surface area contributed by atoms with Crippen molar-refractivity contribution in [2.24, 2.45) is 0 Å². The van der Waals surface area contributed by atoms with Crippen LogP contribution in [0.4, 0.5) is 0 Å². The molecule has 1 saturated heterocycles. The Morgan fingerprint density at radius 3 is 2.27 bits per heavy atom. The summed E-state index contributed by atoms with van der Waals surface area (Å²) in [7, 11) is 0. The topological polar surface area (TPSA) is 72.7 Å². The van der Waals surface area contributed by atoms with Crippen LogP contribution in [0, 0.1) is 0 Å². The third-order valence-corrected chi connectivity index (χ3v) is 2.78. The number of phenols is 3. The van der Waals surface area contributed by atoms with E-state index in [0.717, 1.165) is 25.8 Å². The molecule has 4 N–H and O–H groups in total. The smallest absolute Gasteiger partial charge is 0.127 e. The van der Waals surface area contributed by atoms with Crippen LogP contribution in [0.15, 0.2) is 12.1 Å². The van der Waals surface area contributed by atoms with Crippen molar-refractivity contribution in [1.82, 2.24) is 5.32 Å². The van der Waals surface area contributed by atoms with E-state index in [1.807, 2.05) is 0 Å². The second-order valence-corrected chi connectivity index (χ2v) is 3.90. The molecule has 1 aliphatic rings. The molecule has 2 rings (SSSR count). The van der Waals surface area contributed by atoms with Crippen molar-refractivity contribution in [3.63, 3.8) is 0 Å². The van der Waals surface area contributed by atoms with Gasteiger partial charge in [0.2, 0.25) is 0 Å². The summed E-state index contributed by atoms with van der Waals surface area (Å²) in [6, 6.07) is 2.50. The number of piperidine rings is 1. The Morgan fingerprint density at radius 2 is 1.73 bits per heavy atom. The second-order valence-electron chi connectivity index (χ2n) is 3.90. The maximum absolute atomic E-state index is 9.66. The Morgan fingerprint density at radius 1 is 1.07 bits per heavy atom. The first-order chi connectivity index (χ1) is 7.18. The van der Waals surface area contributed by atoms with E-state index >= 15 is 0 Å². The van der Waals surface area contributed by atoms with E-state index in [4.69, 9.17) is 0 Å². The molecule has 1 heterocycles. The fraction of sp³-hybridized carbons (Fsp3) is 0.455. The minimum atomic E-state index is -0.121. The predicted octanol–water partition coefficient (Wildman–Crippen LogP) is 1.62. The molecule has 1 aromatic rings. The molecule has 1 fully saturated rings. The highest BCUT2D eigenvalue weighted by Crippen LogP contribution is 2.39. The molecule has 1 unspecified atom stereocenters. The number of rotatable bonds is 1. The van der Waals surface area contributed by atoms with E-state index in [1.54, 1.807) is 0 Å². The fourth-order valence-electron chi connectivity index (χ4n) is 2.06. The highest BCUT2D eigenvalue weighted by atomic mass is 16.3. The third kappa shape index (κ3) is 1.99. The van der Waals surface area contributed by atoms with E-state index in [2.05, 4.69) is 5.32 Å². The monoisotopic (exact) mass is 209 g/mol. The summed E-state index contributed by atoms with van der Waals surface area (Å²) in [5, 5.41) is 31.7. The molecule has 0 spiro atoms. The van der Waals surface area contributed by atoms with Gasteiger partial charge in [0.25, 0.3) is 0 Å². The van der Waals surface area contributed by atoms with Gasteiger partial charge in [-0.15, -0.1) is 0 Å². The number of phenolic OH excluding ortho intramolecular Hbond substituents is 3. The largest absolute Gasteiger partial charge is 0.508 e. The minimum Gasteiger partial charge on any atom is -0.508 e. The molecule has 82 valence electrons. The van der Waals surface area contributed by atoms with Crippen LogP contribution in [0.3, 0.4) is 0 Å². The van der Waals surface area contributed by atoms with Gasteiger partial charge in [0, 0.05) is 18.2 Å². The molecule has 0 saturated carbocycles. The number of hydrogen-bond acceptors (Lipinski definition) is 4. The molecular formula is C11H15NO3. The van der Waals surface area contributed by atoms with Crippen LogP contribution < -0.4 is 5.32 Å². The van der Waals surface area contributed by atoms with E-state index in [1.165, 1.54) is 12.1 Å². The quantitative estimate of drug-likeness (QED) is 0.567. The lowest BCUT2D eigenvalue weighted by Crippen LogP contribution is -2.26. The summed E-state index contributed by atoms with van der Waals surface area (Å²) in [6.45, 7) is 0.893. The molecule has 0 bridgehead atoms. The van der Waals surface area contributed by atoms with Crippen molar-refractivity contribution in [1.29, 1.82) is 0 Å². The molecule has 0 amide bonds. The number of hydrogen-bond donors (Lipinski definition) is 4. The van der Waals surface area contributed by atoms with Crippen molar-refractivity contribution in [3.05, 3.63) is 17.7 Å². The van der Waals surface area contributed by atoms with Crippen LogP contribution in [0.5, 0.6) is 17.2 Å². The number of aromatic hydroxyl groups is 3. The molecule has 15 heavy (non-hydrogen) atoms. The van der Waals surface area contributed by atoms with Crippen LogP contribution in [-0.4, -0.2) is 21.9 Å². The summed E-state index contributed by atoms with van der Waals surface area (Å²) in [6.07, 6.45) is 3.10. The maximum Gasteiger partial charge on any atom is 0.127 e. The normalized spacial score (nSPS) is 21.5. The van der Waals surface area contributed by atoms with E-state index in [9.17, 15) is 15.3 Å². The van der Waals surface area contributed by atoms with Gasteiger partial charge in [0.05, 0.1) is 5.56 Å². The minimum absolute atomic E-state index is 0.0145. The molecule has 4 heteroatoms. The van der Waals surface area contributed by atoms with Crippen LogP contribution in [0.1, 0.15) is 30.9 Å². The van der Waals surface area contributed by atoms with Gasteiger partial charge in [0.1, 0.15) is 17.2 Å². The maximum atomic E-state index is 9.66. The predicted molar refractivity (Wildman–Crippen MR) is 56.0 cm³/mol. The zero-order chi connectivity index (χ0) is 10.8. The number of benzene rings is 1. The highest BCUT2D eigenvalue weighted by Gasteiger charge is 2.21. The zero-order valence-electron chi connectivity index (χ0n) is 8.40. The second kappa shape index (κ2) is 3.98. The summed E-state index contributed by atoms with van der Waals surface area (Å²) < 4.78 is 0. The Labute approximate surface area is 88.2 Å². The van der Waals surface area contributed by atoms with Crippen LogP contribution in [0.25, 0.3) is 0 Å². The van der Waals surface area contributed by atoms with Gasteiger partial charge < -0.3 is 20.6 Å². The first kappa shape index (κ1) is 10.1. The van der Waals surface area contributed by atoms with Gasteiger partial charge in [-0.3, -0.25) is 0 Å². The lowest BCUT2D eigenvalue weighted by molar-refractivity contribution is 0.366. The van der Waals surface area contributed by atoms with E-state index < -0.39 is 0 Å². The lowest BCUT2D eigenvalue weighted by atomic mass is 9.96. The van der Waals surface area contributed by atoms with Gasteiger partial charge >= 0.3 is 0 Å². The van der Waals surface area contributed by atoms with Crippen molar-refractivity contribution < 1.29 is 15.3 Å². The molecule has 0 radical (unpaired) electrons. The van der Waals surface area contributed by atoms with Gasteiger partial charge in [-0.2, -0.15) is 0 Å². The Hall–Kier alpha value is -1.42. The molecule has 4 nitrogen and oxygen atoms in total. The van der Waals surface area contributed by atoms with Crippen molar-refractivity contribution in [3.8, 4) is 17.2 Å². The Kier molecular flexibility index (Phi) is 2.68. The molecular weight excluding hydrogens is 194 g/mol. The highest BCUT2D eigenvalue weighted by molar-refractivity contribution is 5.50. The van der Waals surface area contributed by atoms with E-state index in [-0.39, 0.29) is 23.3 Å². The first-order valence-electron chi connectivity index (χ1n) is 5.16. The van der Waals surface area contributed by atoms with Gasteiger partial charge in [-0.05, 0) is 19.4 Å². The number of nitrogens with one attached hydrogen (secondary N) is 1. The molecule has 0 aromatic heterocycles.